The van der Waals surface area contributed by atoms with Crippen LogP contribution in [0.15, 0.2) is 16.6 Å². The lowest BCUT2D eigenvalue weighted by Crippen LogP contribution is -2.33. The molecule has 1 saturated heterocycles. The Balaban J connectivity index is 2.19. The molecule has 0 radical (unpaired) electrons. The zero-order chi connectivity index (χ0) is 12.4. The van der Waals surface area contributed by atoms with E-state index >= 15 is 0 Å². The van der Waals surface area contributed by atoms with Gasteiger partial charge in [0.1, 0.15) is 5.69 Å². The quantitative estimate of drug-likeness (QED) is 0.686. The number of hydrogen-bond acceptors (Lipinski definition) is 4. The number of nitro benzene ring substituents is 1. The normalized spacial score (nSPS) is 18.6. The molecule has 2 rings (SSSR count). The minimum absolute atomic E-state index is 0.0568. The van der Waals surface area contributed by atoms with E-state index in [1.165, 1.54) is 12.1 Å². The number of nitrogens with zero attached hydrogens (tertiary/aromatic N) is 1. The van der Waals surface area contributed by atoms with E-state index in [1.54, 1.807) is 0 Å². The maximum absolute atomic E-state index is 13.6. The summed E-state index contributed by atoms with van der Waals surface area (Å²) in [4.78, 5) is 10.1. The molecular weight excluding hydrogens is 295 g/mol. The average molecular weight is 305 g/mol. The molecule has 1 aromatic rings. The fourth-order valence-electron chi connectivity index (χ4n) is 1.53. The monoisotopic (exact) mass is 304 g/mol. The molecule has 1 heterocycles. The zero-order valence-corrected chi connectivity index (χ0v) is 10.4. The van der Waals surface area contributed by atoms with Gasteiger partial charge in [-0.3, -0.25) is 10.1 Å². The largest absolute Gasteiger partial charge is 0.377 e. The van der Waals surface area contributed by atoms with Crippen molar-refractivity contribution in [2.75, 3.05) is 18.5 Å². The number of halogens is 2. The lowest BCUT2D eigenvalue weighted by Gasteiger charge is -2.26. The third-order valence-corrected chi connectivity index (χ3v) is 3.18. The van der Waals surface area contributed by atoms with Gasteiger partial charge in [0, 0.05) is 13.2 Å². The highest BCUT2D eigenvalue weighted by Crippen LogP contribution is 2.32. The summed E-state index contributed by atoms with van der Waals surface area (Å²) in [6.07, 6.45) is 0.973. The molecule has 1 atom stereocenters. The maximum Gasteiger partial charge on any atom is 0.328 e. The van der Waals surface area contributed by atoms with Crippen LogP contribution in [0.5, 0.6) is 0 Å². The van der Waals surface area contributed by atoms with E-state index in [0.717, 1.165) is 6.42 Å². The molecule has 1 fully saturated rings. The smallest absolute Gasteiger partial charge is 0.328 e. The Morgan fingerprint density at radius 1 is 1.65 bits per heavy atom. The molecule has 0 spiro atoms. The molecule has 1 N–H and O–H groups in total. The summed E-state index contributed by atoms with van der Waals surface area (Å²) in [5, 5.41) is 13.6. The first-order valence-electron chi connectivity index (χ1n) is 5.07. The fraction of sp³-hybridized carbons (Fsp3) is 0.400. The van der Waals surface area contributed by atoms with Crippen molar-refractivity contribution >= 4 is 27.3 Å². The molecule has 5 nitrogen and oxygen atoms in total. The minimum Gasteiger partial charge on any atom is -0.377 e. The van der Waals surface area contributed by atoms with Crippen molar-refractivity contribution in [3.05, 3.63) is 32.5 Å². The highest BCUT2D eigenvalue weighted by molar-refractivity contribution is 9.10. The van der Waals surface area contributed by atoms with Gasteiger partial charge in [-0.2, -0.15) is 4.39 Å². The number of rotatable bonds is 4. The van der Waals surface area contributed by atoms with Gasteiger partial charge in [-0.05, 0) is 34.5 Å². The molecule has 7 heteroatoms. The molecule has 0 amide bonds. The van der Waals surface area contributed by atoms with Crippen LogP contribution in [-0.4, -0.2) is 24.2 Å². The molecule has 1 aliphatic rings. The molecule has 1 aliphatic heterocycles. The predicted octanol–water partition coefficient (Wildman–Crippen LogP) is 2.70. The first kappa shape index (κ1) is 12.3. The van der Waals surface area contributed by atoms with Gasteiger partial charge in [0.05, 0.1) is 15.5 Å². The van der Waals surface area contributed by atoms with Crippen molar-refractivity contribution in [2.45, 2.75) is 12.5 Å². The summed E-state index contributed by atoms with van der Waals surface area (Å²) in [5.74, 6) is -0.866. The lowest BCUT2D eigenvalue weighted by molar-refractivity contribution is -0.386. The molecule has 17 heavy (non-hydrogen) atoms. The molecule has 0 bridgehead atoms. The Hall–Kier alpha value is -1.21. The Bertz CT molecular complexity index is 451. The van der Waals surface area contributed by atoms with E-state index in [0.29, 0.717) is 13.2 Å². The van der Waals surface area contributed by atoms with E-state index in [4.69, 9.17) is 4.74 Å². The van der Waals surface area contributed by atoms with Gasteiger partial charge in [-0.15, -0.1) is 0 Å². The molecule has 1 aromatic carbocycles. The minimum atomic E-state index is -0.866. The van der Waals surface area contributed by atoms with Crippen LogP contribution in [0.1, 0.15) is 6.42 Å². The maximum atomic E-state index is 13.6. The Morgan fingerprint density at radius 3 is 2.88 bits per heavy atom. The number of benzene rings is 1. The average Bonchev–Trinajstić information content (AvgIpc) is 2.20. The van der Waals surface area contributed by atoms with Gasteiger partial charge in [0.25, 0.3) is 0 Å². The summed E-state index contributed by atoms with van der Waals surface area (Å²) in [5.41, 5.74) is -0.370. The van der Waals surface area contributed by atoms with Gasteiger partial charge in [-0.1, -0.05) is 0 Å². The molecule has 0 saturated carbocycles. The summed E-state index contributed by atoms with van der Waals surface area (Å²) in [6.45, 7) is 1.16. The van der Waals surface area contributed by atoms with Crippen LogP contribution in [0.3, 0.4) is 0 Å². The van der Waals surface area contributed by atoms with Crippen LogP contribution < -0.4 is 5.32 Å². The summed E-state index contributed by atoms with van der Waals surface area (Å²) < 4.78 is 18.8. The number of anilines is 1. The van der Waals surface area contributed by atoms with Crippen molar-refractivity contribution < 1.29 is 14.1 Å². The summed E-state index contributed by atoms with van der Waals surface area (Å²) in [6, 6.07) is 2.91. The van der Waals surface area contributed by atoms with Gasteiger partial charge < -0.3 is 10.1 Å². The van der Waals surface area contributed by atoms with Crippen LogP contribution in [-0.2, 0) is 4.74 Å². The van der Waals surface area contributed by atoms with Crippen molar-refractivity contribution in [3.8, 4) is 0 Å². The van der Waals surface area contributed by atoms with E-state index < -0.39 is 16.4 Å². The third kappa shape index (κ3) is 2.55. The van der Waals surface area contributed by atoms with Crippen LogP contribution >= 0.6 is 15.9 Å². The van der Waals surface area contributed by atoms with Crippen molar-refractivity contribution in [3.63, 3.8) is 0 Å². The Kier molecular flexibility index (Phi) is 3.58. The molecule has 92 valence electrons. The van der Waals surface area contributed by atoms with Gasteiger partial charge >= 0.3 is 5.69 Å². The van der Waals surface area contributed by atoms with Gasteiger partial charge in [0.2, 0.25) is 5.82 Å². The van der Waals surface area contributed by atoms with E-state index in [9.17, 15) is 14.5 Å². The number of nitro groups is 1. The van der Waals surface area contributed by atoms with Crippen molar-refractivity contribution in [1.82, 2.24) is 0 Å². The van der Waals surface area contributed by atoms with Crippen LogP contribution in [0.4, 0.5) is 15.8 Å². The van der Waals surface area contributed by atoms with Gasteiger partial charge in [0.15, 0.2) is 0 Å². The fourth-order valence-corrected chi connectivity index (χ4v) is 1.85. The van der Waals surface area contributed by atoms with Gasteiger partial charge in [-0.25, -0.2) is 0 Å². The van der Waals surface area contributed by atoms with E-state index in [2.05, 4.69) is 21.2 Å². The standard InChI is InChI=1S/C10H10BrFN2O3/c11-7-1-2-8(10(9(7)12)14(15)16)13-5-6-3-4-17-6/h1-2,6,13H,3-5H2/t6-/m0/s1. The first-order valence-corrected chi connectivity index (χ1v) is 5.86. The summed E-state index contributed by atoms with van der Waals surface area (Å²) in [7, 11) is 0. The van der Waals surface area contributed by atoms with E-state index in [-0.39, 0.29) is 16.3 Å². The van der Waals surface area contributed by atoms with E-state index in [1.807, 2.05) is 0 Å². The predicted molar refractivity (Wildman–Crippen MR) is 63.6 cm³/mol. The number of hydrogen-bond donors (Lipinski definition) is 1. The third-order valence-electron chi connectivity index (χ3n) is 2.57. The van der Waals surface area contributed by atoms with Crippen LogP contribution in [0.2, 0.25) is 0 Å². The molecular formula is C10H10BrFN2O3. The van der Waals surface area contributed by atoms with Crippen molar-refractivity contribution in [2.24, 2.45) is 0 Å². The van der Waals surface area contributed by atoms with Crippen LogP contribution in [0.25, 0.3) is 0 Å². The number of ether oxygens (including phenoxy) is 1. The highest BCUT2D eigenvalue weighted by atomic mass is 79.9. The Morgan fingerprint density at radius 2 is 2.35 bits per heavy atom. The lowest BCUT2D eigenvalue weighted by atomic mass is 10.2. The molecule has 0 aliphatic carbocycles. The SMILES string of the molecule is O=[N+]([O-])c1c(NC[C@@H]2CCO2)ccc(Br)c1F. The second-order valence-electron chi connectivity index (χ2n) is 3.68. The van der Waals surface area contributed by atoms with Crippen LogP contribution in [0, 0.1) is 15.9 Å². The zero-order valence-electron chi connectivity index (χ0n) is 8.78. The second-order valence-corrected chi connectivity index (χ2v) is 4.53. The highest BCUT2D eigenvalue weighted by Gasteiger charge is 2.24. The number of nitrogens with one attached hydrogen (secondary N) is 1. The van der Waals surface area contributed by atoms with Crippen molar-refractivity contribution in [1.29, 1.82) is 0 Å². The molecule has 0 aromatic heterocycles. The topological polar surface area (TPSA) is 64.4 Å². The second kappa shape index (κ2) is 4.97. The summed E-state index contributed by atoms with van der Waals surface area (Å²) >= 11 is 2.92. The first-order chi connectivity index (χ1) is 8.09. The Labute approximate surface area is 105 Å². The molecule has 0 unspecified atom stereocenters.